The van der Waals surface area contributed by atoms with Gasteiger partial charge in [-0.1, -0.05) is 0 Å². The Morgan fingerprint density at radius 2 is 1.97 bits per heavy atom. The minimum absolute atomic E-state index is 0.111. The van der Waals surface area contributed by atoms with Gasteiger partial charge in [-0.15, -0.1) is 5.10 Å². The first-order chi connectivity index (χ1) is 14.6. The normalized spacial score (nSPS) is 25.0. The summed E-state index contributed by atoms with van der Waals surface area (Å²) in [7, 11) is 0. The zero-order chi connectivity index (χ0) is 20.6. The Morgan fingerprint density at radius 3 is 2.63 bits per heavy atom. The van der Waals surface area contributed by atoms with Crippen molar-refractivity contribution in [2.24, 2.45) is 17.8 Å². The summed E-state index contributed by atoms with van der Waals surface area (Å²) < 4.78 is 13.2. The second kappa shape index (κ2) is 7.89. The lowest BCUT2D eigenvalue weighted by atomic mass is 9.91. The van der Waals surface area contributed by atoms with Crippen LogP contribution in [0.15, 0.2) is 30.6 Å². The fourth-order valence-corrected chi connectivity index (χ4v) is 4.55. The van der Waals surface area contributed by atoms with Crippen LogP contribution in [0.5, 0.6) is 5.75 Å². The van der Waals surface area contributed by atoms with E-state index in [4.69, 9.17) is 9.47 Å². The van der Waals surface area contributed by atoms with Crippen molar-refractivity contribution in [1.82, 2.24) is 25.1 Å². The average Bonchev–Trinajstić information content (AvgIpc) is 3.63. The Hall–Kier alpha value is -2.64. The Balaban J connectivity index is 1.00. The maximum atomic E-state index is 12.3. The van der Waals surface area contributed by atoms with E-state index >= 15 is 0 Å². The van der Waals surface area contributed by atoms with Gasteiger partial charge in [0.2, 0.25) is 0 Å². The highest BCUT2D eigenvalue weighted by atomic mass is 16.6. The molecule has 30 heavy (non-hydrogen) atoms. The Labute approximate surface area is 176 Å². The van der Waals surface area contributed by atoms with Crippen LogP contribution in [-0.2, 0) is 4.74 Å². The zero-order valence-corrected chi connectivity index (χ0v) is 17.4. The van der Waals surface area contributed by atoms with Crippen LogP contribution < -0.4 is 4.74 Å². The minimum atomic E-state index is -0.177. The molecule has 1 saturated heterocycles. The lowest BCUT2D eigenvalue weighted by molar-refractivity contribution is 0.0473. The van der Waals surface area contributed by atoms with E-state index in [9.17, 15) is 4.79 Å². The summed E-state index contributed by atoms with van der Waals surface area (Å²) in [6.45, 7) is 4.45. The number of amides is 1. The summed E-state index contributed by atoms with van der Waals surface area (Å²) in [5.41, 5.74) is 0.736. The lowest BCUT2D eigenvalue weighted by Crippen LogP contribution is -2.40. The number of tetrazole rings is 1. The number of nitrogens with zero attached hydrogens (tertiary/aromatic N) is 5. The molecule has 1 amide bonds. The summed E-state index contributed by atoms with van der Waals surface area (Å²) >= 11 is 0. The molecule has 1 aromatic carbocycles. The van der Waals surface area contributed by atoms with Crippen molar-refractivity contribution in [3.8, 4) is 11.4 Å². The Morgan fingerprint density at radius 1 is 1.20 bits per heavy atom. The van der Waals surface area contributed by atoms with Gasteiger partial charge in [-0.2, -0.15) is 0 Å². The highest BCUT2D eigenvalue weighted by molar-refractivity contribution is 5.68. The van der Waals surface area contributed by atoms with Crippen LogP contribution in [0.3, 0.4) is 0 Å². The average molecular weight is 412 g/mol. The van der Waals surface area contributed by atoms with Gasteiger partial charge < -0.3 is 14.4 Å². The predicted molar refractivity (Wildman–Crippen MR) is 109 cm³/mol. The molecule has 3 fully saturated rings. The molecule has 0 radical (unpaired) electrons. The molecule has 1 aromatic heterocycles. The number of rotatable bonds is 7. The largest absolute Gasteiger partial charge is 0.494 e. The molecule has 8 nitrogen and oxygen atoms in total. The van der Waals surface area contributed by atoms with Crippen molar-refractivity contribution >= 4 is 6.09 Å². The quantitative estimate of drug-likeness (QED) is 0.694. The number of likely N-dealkylation sites (tertiary alicyclic amines) is 1. The van der Waals surface area contributed by atoms with E-state index in [1.165, 1.54) is 6.42 Å². The third-order valence-corrected chi connectivity index (χ3v) is 6.88. The van der Waals surface area contributed by atoms with Gasteiger partial charge in [-0.3, -0.25) is 0 Å². The third kappa shape index (κ3) is 4.42. The number of piperidine rings is 1. The maximum absolute atomic E-state index is 12.3. The molecule has 160 valence electrons. The second-order valence-electron chi connectivity index (χ2n) is 9.19. The van der Waals surface area contributed by atoms with E-state index in [1.54, 1.807) is 11.0 Å². The Kier molecular flexibility index (Phi) is 5.08. The number of benzene rings is 1. The van der Waals surface area contributed by atoms with Crippen molar-refractivity contribution < 1.29 is 14.3 Å². The van der Waals surface area contributed by atoms with Crippen LogP contribution >= 0.6 is 0 Å². The van der Waals surface area contributed by atoms with Crippen molar-refractivity contribution in [3.63, 3.8) is 0 Å². The van der Waals surface area contributed by atoms with E-state index in [1.807, 2.05) is 36.1 Å². The molecule has 5 rings (SSSR count). The van der Waals surface area contributed by atoms with E-state index in [2.05, 4.69) is 15.5 Å². The predicted octanol–water partition coefficient (Wildman–Crippen LogP) is 3.47. The van der Waals surface area contributed by atoms with Crippen LogP contribution in [-0.4, -0.2) is 56.5 Å². The van der Waals surface area contributed by atoms with Gasteiger partial charge in [0.15, 0.2) is 0 Å². The minimum Gasteiger partial charge on any atom is -0.494 e. The smallest absolute Gasteiger partial charge is 0.410 e. The number of hydrogen-bond acceptors (Lipinski definition) is 6. The number of hydrogen-bond donors (Lipinski definition) is 0. The molecular weight excluding hydrogens is 382 g/mol. The first-order valence-corrected chi connectivity index (χ1v) is 11.0. The number of aromatic nitrogens is 4. The molecule has 3 aliphatic rings. The zero-order valence-electron chi connectivity index (χ0n) is 17.4. The first kappa shape index (κ1) is 19.3. The van der Waals surface area contributed by atoms with Gasteiger partial charge in [0.1, 0.15) is 17.7 Å². The number of ether oxygens (including phenoxy) is 2. The lowest BCUT2D eigenvalue weighted by Gasteiger charge is -2.32. The molecule has 2 saturated carbocycles. The van der Waals surface area contributed by atoms with E-state index < -0.39 is 0 Å². The number of carbonyl (C=O) groups excluding carboxylic acids is 1. The monoisotopic (exact) mass is 411 g/mol. The molecule has 2 heterocycles. The molecular formula is C22H29N5O3. The molecule has 1 unspecified atom stereocenters. The van der Waals surface area contributed by atoms with Crippen LogP contribution in [0.4, 0.5) is 4.79 Å². The van der Waals surface area contributed by atoms with Gasteiger partial charge in [-0.25, -0.2) is 9.48 Å². The standard InChI is InChI=1S/C22H29N5O3/c1-22(9-10-22)30-21(28)26-11-6-16(7-12-26)20-14-17(20)8-13-29-19-4-2-18(3-5-19)27-15-23-24-25-27/h2-5,15-17,20H,6-14H2,1H3/t17?,20-/m1/s1. The fourth-order valence-electron chi connectivity index (χ4n) is 4.55. The molecule has 2 aromatic rings. The molecule has 2 atom stereocenters. The summed E-state index contributed by atoms with van der Waals surface area (Å²) in [6, 6.07) is 7.82. The van der Waals surface area contributed by atoms with Crippen LogP contribution in [0.1, 0.15) is 45.4 Å². The molecule has 0 bridgehead atoms. The topological polar surface area (TPSA) is 82.4 Å². The third-order valence-electron chi connectivity index (χ3n) is 6.88. The highest BCUT2D eigenvalue weighted by Gasteiger charge is 2.45. The summed E-state index contributed by atoms with van der Waals surface area (Å²) in [5, 5.41) is 11.2. The molecule has 2 aliphatic carbocycles. The number of carbonyl (C=O) groups is 1. The van der Waals surface area contributed by atoms with Gasteiger partial charge in [0, 0.05) is 13.1 Å². The fraction of sp³-hybridized carbons (Fsp3) is 0.636. The van der Waals surface area contributed by atoms with Crippen LogP contribution in [0.2, 0.25) is 0 Å². The first-order valence-electron chi connectivity index (χ1n) is 11.0. The van der Waals surface area contributed by atoms with E-state index in [0.717, 1.165) is 81.0 Å². The van der Waals surface area contributed by atoms with E-state index in [0.29, 0.717) is 0 Å². The summed E-state index contributed by atoms with van der Waals surface area (Å²) in [6.07, 6.45) is 8.08. The molecule has 8 heteroatoms. The van der Waals surface area contributed by atoms with Gasteiger partial charge in [0.05, 0.1) is 12.3 Å². The van der Waals surface area contributed by atoms with Crippen molar-refractivity contribution in [1.29, 1.82) is 0 Å². The second-order valence-corrected chi connectivity index (χ2v) is 9.19. The SMILES string of the molecule is CC1(OC(=O)N2CCC([C@H]3CC3CCOc3ccc(-n4cnnn4)cc3)CC2)CC1. The van der Waals surface area contributed by atoms with Crippen molar-refractivity contribution in [2.75, 3.05) is 19.7 Å². The van der Waals surface area contributed by atoms with Crippen LogP contribution in [0, 0.1) is 17.8 Å². The van der Waals surface area contributed by atoms with Crippen molar-refractivity contribution in [3.05, 3.63) is 30.6 Å². The van der Waals surface area contributed by atoms with Crippen LogP contribution in [0.25, 0.3) is 5.69 Å². The molecule has 1 aliphatic heterocycles. The highest BCUT2D eigenvalue weighted by Crippen LogP contribution is 2.50. The van der Waals surface area contributed by atoms with Gasteiger partial charge in [-0.05, 0) is 97.9 Å². The summed E-state index contributed by atoms with van der Waals surface area (Å²) in [5.74, 6) is 3.18. The molecule has 0 spiro atoms. The Bertz CT molecular complexity index is 857. The van der Waals surface area contributed by atoms with Gasteiger partial charge >= 0.3 is 6.09 Å². The van der Waals surface area contributed by atoms with Gasteiger partial charge in [0.25, 0.3) is 0 Å². The van der Waals surface area contributed by atoms with Crippen molar-refractivity contribution in [2.45, 2.75) is 51.0 Å². The molecule has 0 N–H and O–H groups in total. The summed E-state index contributed by atoms with van der Waals surface area (Å²) in [4.78, 5) is 14.2. The van der Waals surface area contributed by atoms with E-state index in [-0.39, 0.29) is 11.7 Å². The maximum Gasteiger partial charge on any atom is 0.410 e.